The van der Waals surface area contributed by atoms with Crippen LogP contribution in [-0.2, 0) is 16.0 Å². The van der Waals surface area contributed by atoms with Gasteiger partial charge in [-0.05, 0) is 38.5 Å². The van der Waals surface area contributed by atoms with E-state index in [1.807, 2.05) is 19.1 Å². The highest BCUT2D eigenvalue weighted by Gasteiger charge is 2.15. The lowest BCUT2D eigenvalue weighted by Crippen LogP contribution is -2.17. The molecule has 0 saturated carbocycles. The molecule has 1 aromatic carbocycles. The van der Waals surface area contributed by atoms with Gasteiger partial charge in [-0.3, -0.25) is 9.59 Å². The van der Waals surface area contributed by atoms with Gasteiger partial charge in [-0.1, -0.05) is 6.07 Å². The third-order valence-electron chi connectivity index (χ3n) is 2.97. The number of carbonyl (C=O) groups excluding carboxylic acids is 1. The van der Waals surface area contributed by atoms with E-state index in [-0.39, 0.29) is 11.8 Å². The van der Waals surface area contributed by atoms with Gasteiger partial charge in [0.2, 0.25) is 0 Å². The molecule has 0 aliphatic heterocycles. The third-order valence-corrected chi connectivity index (χ3v) is 2.97. The van der Waals surface area contributed by atoms with Crippen LogP contribution in [0.15, 0.2) is 27.4 Å². The predicted octanol–water partition coefficient (Wildman–Crippen LogP) is 2.52. The average Bonchev–Trinajstić information content (AvgIpc) is 2.34. The van der Waals surface area contributed by atoms with Gasteiger partial charge in [-0.15, -0.1) is 0 Å². The maximum absolute atomic E-state index is 12.3. The molecule has 19 heavy (non-hydrogen) atoms. The molecule has 0 aliphatic carbocycles. The van der Waals surface area contributed by atoms with E-state index in [0.717, 1.165) is 5.56 Å². The Hall–Kier alpha value is -2.10. The van der Waals surface area contributed by atoms with E-state index < -0.39 is 5.97 Å². The van der Waals surface area contributed by atoms with Crippen molar-refractivity contribution < 1.29 is 13.9 Å². The van der Waals surface area contributed by atoms with Crippen LogP contribution >= 0.6 is 0 Å². The summed E-state index contributed by atoms with van der Waals surface area (Å²) in [6.45, 7) is 5.66. The lowest BCUT2D eigenvalue weighted by atomic mass is 10.1. The molecule has 1 heterocycles. The van der Waals surface area contributed by atoms with Gasteiger partial charge in [-0.2, -0.15) is 0 Å². The largest absolute Gasteiger partial charge is 0.466 e. The minimum atomic E-state index is -0.413. The predicted molar refractivity (Wildman–Crippen MR) is 72.3 cm³/mol. The molecule has 2 aromatic rings. The summed E-state index contributed by atoms with van der Waals surface area (Å²) in [4.78, 5) is 23.8. The summed E-state index contributed by atoms with van der Waals surface area (Å²) in [6.07, 6.45) is -0.0498. The van der Waals surface area contributed by atoms with E-state index in [1.165, 1.54) is 0 Å². The first-order valence-electron chi connectivity index (χ1n) is 6.21. The Morgan fingerprint density at radius 2 is 2.05 bits per heavy atom. The molecule has 0 bridgehead atoms. The third kappa shape index (κ3) is 2.67. The number of benzene rings is 1. The van der Waals surface area contributed by atoms with E-state index in [1.54, 1.807) is 19.9 Å². The minimum absolute atomic E-state index is 0.0498. The van der Waals surface area contributed by atoms with Gasteiger partial charge < -0.3 is 9.15 Å². The van der Waals surface area contributed by atoms with Crippen LogP contribution in [0.4, 0.5) is 0 Å². The van der Waals surface area contributed by atoms with Crippen LogP contribution in [0.5, 0.6) is 0 Å². The fourth-order valence-electron chi connectivity index (χ4n) is 2.01. The van der Waals surface area contributed by atoms with Gasteiger partial charge in [-0.25, -0.2) is 0 Å². The van der Waals surface area contributed by atoms with Crippen LogP contribution in [0, 0.1) is 13.8 Å². The van der Waals surface area contributed by atoms with E-state index >= 15 is 0 Å². The Morgan fingerprint density at radius 3 is 2.74 bits per heavy atom. The summed E-state index contributed by atoms with van der Waals surface area (Å²) in [7, 11) is 0. The maximum Gasteiger partial charge on any atom is 0.310 e. The van der Waals surface area contributed by atoms with E-state index in [9.17, 15) is 9.59 Å². The number of aryl methyl sites for hydroxylation is 2. The molecular formula is C15H16O4. The highest BCUT2D eigenvalue weighted by molar-refractivity contribution is 5.80. The van der Waals surface area contributed by atoms with Crippen molar-refractivity contribution in [1.82, 2.24) is 0 Å². The number of carbonyl (C=O) groups is 1. The highest BCUT2D eigenvalue weighted by Crippen LogP contribution is 2.17. The maximum atomic E-state index is 12.3. The standard InChI is InChI=1S/C15H16O4/c1-4-18-14(16)8-12-10(3)19-13-7-9(2)5-6-11(13)15(12)17/h5-7H,4,8H2,1-3H3. The van der Waals surface area contributed by atoms with Gasteiger partial charge in [0.05, 0.1) is 18.4 Å². The van der Waals surface area contributed by atoms with Gasteiger partial charge in [0.1, 0.15) is 11.3 Å². The molecule has 0 amide bonds. The van der Waals surface area contributed by atoms with Crippen LogP contribution in [0.3, 0.4) is 0 Å². The van der Waals surface area contributed by atoms with Crippen LogP contribution in [0.1, 0.15) is 23.8 Å². The number of hydrogen-bond donors (Lipinski definition) is 0. The first-order chi connectivity index (χ1) is 9.02. The lowest BCUT2D eigenvalue weighted by Gasteiger charge is -2.07. The number of ether oxygens (including phenoxy) is 1. The summed E-state index contributed by atoms with van der Waals surface area (Å²) >= 11 is 0. The Kier molecular flexibility index (Phi) is 3.69. The first-order valence-corrected chi connectivity index (χ1v) is 6.21. The average molecular weight is 260 g/mol. The summed E-state index contributed by atoms with van der Waals surface area (Å²) in [6, 6.07) is 5.39. The number of rotatable bonds is 3. The van der Waals surface area contributed by atoms with Crippen LogP contribution in [-0.4, -0.2) is 12.6 Å². The fraction of sp³-hybridized carbons (Fsp3) is 0.333. The van der Waals surface area contributed by atoms with E-state index in [2.05, 4.69) is 0 Å². The molecular weight excluding hydrogens is 244 g/mol. The molecule has 0 fully saturated rings. The van der Waals surface area contributed by atoms with Crippen molar-refractivity contribution in [2.45, 2.75) is 27.2 Å². The number of hydrogen-bond acceptors (Lipinski definition) is 4. The SMILES string of the molecule is CCOC(=O)Cc1c(C)oc2cc(C)ccc2c1=O. The van der Waals surface area contributed by atoms with Crippen molar-refractivity contribution in [1.29, 1.82) is 0 Å². The smallest absolute Gasteiger partial charge is 0.310 e. The Balaban J connectivity index is 2.54. The van der Waals surface area contributed by atoms with Crippen molar-refractivity contribution in [3.63, 3.8) is 0 Å². The van der Waals surface area contributed by atoms with Crippen molar-refractivity contribution in [3.8, 4) is 0 Å². The summed E-state index contributed by atoms with van der Waals surface area (Å²) in [5.74, 6) is 0.0560. The monoisotopic (exact) mass is 260 g/mol. The molecule has 0 N–H and O–H groups in total. The molecule has 0 radical (unpaired) electrons. The Labute approximate surface area is 111 Å². The molecule has 0 saturated heterocycles. The molecule has 0 unspecified atom stereocenters. The second-order valence-corrected chi connectivity index (χ2v) is 4.45. The normalized spacial score (nSPS) is 10.7. The first kappa shape index (κ1) is 13.3. The van der Waals surface area contributed by atoms with Crippen molar-refractivity contribution in [3.05, 3.63) is 45.3 Å². The Morgan fingerprint density at radius 1 is 1.32 bits per heavy atom. The highest BCUT2D eigenvalue weighted by atomic mass is 16.5. The van der Waals surface area contributed by atoms with E-state index in [4.69, 9.17) is 9.15 Å². The molecule has 4 heteroatoms. The van der Waals surface area contributed by atoms with Gasteiger partial charge in [0.25, 0.3) is 0 Å². The van der Waals surface area contributed by atoms with Crippen molar-refractivity contribution >= 4 is 16.9 Å². The second kappa shape index (κ2) is 5.26. The molecule has 1 aromatic heterocycles. The zero-order valence-electron chi connectivity index (χ0n) is 11.3. The Bertz CT molecular complexity index is 682. The summed E-state index contributed by atoms with van der Waals surface area (Å²) in [5.41, 5.74) is 1.78. The quantitative estimate of drug-likeness (QED) is 0.796. The van der Waals surface area contributed by atoms with Gasteiger partial charge in [0.15, 0.2) is 5.43 Å². The molecule has 2 rings (SSSR count). The molecule has 0 spiro atoms. The van der Waals surface area contributed by atoms with Crippen LogP contribution in [0.25, 0.3) is 11.0 Å². The zero-order chi connectivity index (χ0) is 14.0. The van der Waals surface area contributed by atoms with E-state index in [0.29, 0.717) is 28.9 Å². The number of fused-ring (bicyclic) bond motifs is 1. The topological polar surface area (TPSA) is 56.5 Å². The fourth-order valence-corrected chi connectivity index (χ4v) is 2.01. The van der Waals surface area contributed by atoms with Gasteiger partial charge in [0, 0.05) is 5.56 Å². The van der Waals surface area contributed by atoms with Crippen LogP contribution in [0.2, 0.25) is 0 Å². The molecule has 0 atom stereocenters. The number of esters is 1. The lowest BCUT2D eigenvalue weighted by molar-refractivity contribution is -0.142. The van der Waals surface area contributed by atoms with Gasteiger partial charge >= 0.3 is 5.97 Å². The van der Waals surface area contributed by atoms with Crippen LogP contribution < -0.4 is 5.43 Å². The van der Waals surface area contributed by atoms with Crippen molar-refractivity contribution in [2.75, 3.05) is 6.61 Å². The minimum Gasteiger partial charge on any atom is -0.466 e. The summed E-state index contributed by atoms with van der Waals surface area (Å²) in [5, 5.41) is 0.496. The molecule has 100 valence electrons. The molecule has 4 nitrogen and oxygen atoms in total. The molecule has 0 aliphatic rings. The summed E-state index contributed by atoms with van der Waals surface area (Å²) < 4.78 is 10.5. The second-order valence-electron chi connectivity index (χ2n) is 4.45. The zero-order valence-corrected chi connectivity index (χ0v) is 11.3. The van der Waals surface area contributed by atoms with Crippen molar-refractivity contribution in [2.24, 2.45) is 0 Å².